The first-order valence-corrected chi connectivity index (χ1v) is 7.37. The first-order chi connectivity index (χ1) is 10.3. The summed E-state index contributed by atoms with van der Waals surface area (Å²) in [5.74, 6) is -0.344. The van der Waals surface area contributed by atoms with Gasteiger partial charge in [-0.05, 0) is 6.92 Å². The Morgan fingerprint density at radius 3 is 2.73 bits per heavy atom. The lowest BCUT2D eigenvalue weighted by Gasteiger charge is -2.07. The normalized spacial score (nSPS) is 10.9. The molecule has 8 nitrogen and oxygen atoms in total. The van der Waals surface area contributed by atoms with Crippen molar-refractivity contribution < 1.29 is 9.53 Å². The lowest BCUT2D eigenvalue weighted by Crippen LogP contribution is -2.29. The van der Waals surface area contributed by atoms with Crippen LogP contribution < -0.4 is 11.2 Å². The van der Waals surface area contributed by atoms with Gasteiger partial charge in [0.05, 0.1) is 12.9 Å². The molecule has 9 heteroatoms. The molecule has 0 amide bonds. The molecule has 0 aromatic carbocycles. The van der Waals surface area contributed by atoms with Gasteiger partial charge < -0.3 is 9.30 Å². The van der Waals surface area contributed by atoms with E-state index in [1.165, 1.54) is 18.7 Å². The van der Waals surface area contributed by atoms with E-state index in [4.69, 9.17) is 0 Å². The topological polar surface area (TPSA) is 99.0 Å². The molecule has 0 spiro atoms. The minimum Gasteiger partial charge on any atom is -0.468 e. The molecule has 118 valence electrons. The Bertz CT molecular complexity index is 861. The third-order valence-electron chi connectivity index (χ3n) is 2.95. The average molecular weight is 324 g/mol. The highest BCUT2D eigenvalue weighted by atomic mass is 32.2. The Hall–Kier alpha value is -2.29. The number of nitrogens with one attached hydrogen (secondary N) is 1. The number of H-pyrrole nitrogens is 1. The second kappa shape index (κ2) is 6.22. The lowest BCUT2D eigenvalue weighted by molar-refractivity contribution is -0.137. The molecule has 0 aliphatic rings. The molecule has 22 heavy (non-hydrogen) atoms. The van der Waals surface area contributed by atoms with Gasteiger partial charge in [0, 0.05) is 13.6 Å². The molecule has 2 aromatic rings. The summed E-state index contributed by atoms with van der Waals surface area (Å²) in [6.45, 7) is 6.01. The van der Waals surface area contributed by atoms with E-state index in [0.29, 0.717) is 11.7 Å². The van der Waals surface area contributed by atoms with Crippen LogP contribution in [0.1, 0.15) is 6.92 Å². The van der Waals surface area contributed by atoms with Crippen LogP contribution in [0, 0.1) is 0 Å². The van der Waals surface area contributed by atoms with Gasteiger partial charge in [0.1, 0.15) is 0 Å². The van der Waals surface area contributed by atoms with E-state index in [1.54, 1.807) is 4.57 Å². The highest BCUT2D eigenvalue weighted by Gasteiger charge is 2.18. The molecular weight excluding hydrogens is 308 g/mol. The summed E-state index contributed by atoms with van der Waals surface area (Å²) in [6, 6.07) is 0. The summed E-state index contributed by atoms with van der Waals surface area (Å²) in [7, 11) is 2.82. The first kappa shape index (κ1) is 16.1. The molecule has 0 atom stereocenters. The number of carbonyl (C=O) groups excluding carboxylic acids is 1. The number of aromatic amines is 1. The largest absolute Gasteiger partial charge is 0.468 e. The van der Waals surface area contributed by atoms with E-state index in [9.17, 15) is 14.4 Å². The molecule has 2 aromatic heterocycles. The van der Waals surface area contributed by atoms with Gasteiger partial charge in [0.25, 0.3) is 5.56 Å². The van der Waals surface area contributed by atoms with Crippen molar-refractivity contribution in [1.82, 2.24) is 19.1 Å². The molecule has 2 rings (SSSR count). The molecule has 0 aliphatic heterocycles. The van der Waals surface area contributed by atoms with Gasteiger partial charge in [0.2, 0.25) is 0 Å². The number of allylic oxidation sites excluding steroid dienone is 1. The Labute approximate surface area is 129 Å². The Kier molecular flexibility index (Phi) is 4.55. The van der Waals surface area contributed by atoms with Gasteiger partial charge in [-0.2, -0.15) is 0 Å². The number of aryl methyl sites for hydroxylation is 1. The number of fused-ring (bicyclic) bond motifs is 1. The highest BCUT2D eigenvalue weighted by molar-refractivity contribution is 7.99. The van der Waals surface area contributed by atoms with Gasteiger partial charge in [-0.25, -0.2) is 9.78 Å². The second-order valence-corrected chi connectivity index (χ2v) is 5.74. The average Bonchev–Trinajstić information content (AvgIpc) is 2.80. The molecule has 0 bridgehead atoms. The zero-order valence-electron chi connectivity index (χ0n) is 12.5. The fourth-order valence-corrected chi connectivity index (χ4v) is 2.75. The van der Waals surface area contributed by atoms with Crippen LogP contribution in [0.25, 0.3) is 11.2 Å². The van der Waals surface area contributed by atoms with Crippen molar-refractivity contribution in [3.05, 3.63) is 33.0 Å². The van der Waals surface area contributed by atoms with Crippen LogP contribution in [-0.2, 0) is 23.1 Å². The van der Waals surface area contributed by atoms with E-state index in [-0.39, 0.29) is 16.9 Å². The minimum absolute atomic E-state index is 0.0574. The molecule has 0 aliphatic carbocycles. The van der Waals surface area contributed by atoms with Crippen molar-refractivity contribution in [2.75, 3.05) is 12.9 Å². The molecule has 0 unspecified atom stereocenters. The Morgan fingerprint density at radius 2 is 2.14 bits per heavy atom. The second-order valence-electron chi connectivity index (χ2n) is 4.79. The summed E-state index contributed by atoms with van der Waals surface area (Å²) >= 11 is 1.14. The summed E-state index contributed by atoms with van der Waals surface area (Å²) in [4.78, 5) is 41.6. The predicted octanol–water partition coefficient (Wildman–Crippen LogP) is 0.264. The van der Waals surface area contributed by atoms with Gasteiger partial charge in [-0.3, -0.25) is 19.1 Å². The number of hydrogen-bond acceptors (Lipinski definition) is 6. The van der Waals surface area contributed by atoms with Crippen molar-refractivity contribution in [2.45, 2.75) is 18.6 Å². The number of esters is 1. The number of rotatable bonds is 5. The van der Waals surface area contributed by atoms with Crippen LogP contribution in [0.4, 0.5) is 0 Å². The molecule has 0 saturated carbocycles. The van der Waals surface area contributed by atoms with Crippen molar-refractivity contribution in [3.63, 3.8) is 0 Å². The summed E-state index contributed by atoms with van der Waals surface area (Å²) in [6.07, 6.45) is 0. The quantitative estimate of drug-likeness (QED) is 0.481. The van der Waals surface area contributed by atoms with Crippen molar-refractivity contribution in [3.8, 4) is 0 Å². The zero-order valence-corrected chi connectivity index (χ0v) is 13.3. The number of ether oxygens (including phenoxy) is 1. The zero-order chi connectivity index (χ0) is 16.4. The maximum atomic E-state index is 12.1. The van der Waals surface area contributed by atoms with Crippen LogP contribution >= 0.6 is 11.8 Å². The first-order valence-electron chi connectivity index (χ1n) is 6.38. The van der Waals surface area contributed by atoms with Gasteiger partial charge in [-0.1, -0.05) is 23.9 Å². The number of nitrogens with zero attached hydrogens (tertiary/aromatic N) is 3. The smallest absolute Gasteiger partial charge is 0.329 e. The fourth-order valence-electron chi connectivity index (χ4n) is 1.92. The van der Waals surface area contributed by atoms with Gasteiger partial charge >= 0.3 is 11.7 Å². The van der Waals surface area contributed by atoms with Crippen molar-refractivity contribution in [2.24, 2.45) is 7.05 Å². The number of hydrogen-bond donors (Lipinski definition) is 1. The van der Waals surface area contributed by atoms with Crippen LogP contribution in [0.15, 0.2) is 26.9 Å². The fraction of sp³-hybridized carbons (Fsp3) is 0.385. The van der Waals surface area contributed by atoms with Crippen LogP contribution in [0.2, 0.25) is 0 Å². The maximum absolute atomic E-state index is 12.1. The Balaban J connectivity index is 2.64. The molecule has 0 radical (unpaired) electrons. The number of carbonyl (C=O) groups is 1. The van der Waals surface area contributed by atoms with Crippen LogP contribution in [0.3, 0.4) is 0 Å². The monoisotopic (exact) mass is 324 g/mol. The maximum Gasteiger partial charge on any atom is 0.329 e. The highest BCUT2D eigenvalue weighted by Crippen LogP contribution is 2.22. The third kappa shape index (κ3) is 2.98. The number of thioether (sulfide) groups is 1. The lowest BCUT2D eigenvalue weighted by atomic mass is 10.3. The summed E-state index contributed by atoms with van der Waals surface area (Å²) in [5, 5.41) is 0.454. The minimum atomic E-state index is -0.540. The Morgan fingerprint density at radius 1 is 1.45 bits per heavy atom. The number of aromatic nitrogens is 4. The molecule has 0 saturated heterocycles. The van der Waals surface area contributed by atoms with Crippen molar-refractivity contribution in [1.29, 1.82) is 0 Å². The van der Waals surface area contributed by atoms with E-state index in [0.717, 1.165) is 17.3 Å². The van der Waals surface area contributed by atoms with Crippen molar-refractivity contribution >= 4 is 28.9 Å². The third-order valence-corrected chi connectivity index (χ3v) is 3.90. The van der Waals surface area contributed by atoms with Crippen LogP contribution in [-0.4, -0.2) is 37.9 Å². The molecule has 0 fully saturated rings. The predicted molar refractivity (Wildman–Crippen MR) is 83.1 cm³/mol. The van der Waals surface area contributed by atoms with Gasteiger partial charge in [0.15, 0.2) is 16.3 Å². The van der Waals surface area contributed by atoms with E-state index >= 15 is 0 Å². The summed E-state index contributed by atoms with van der Waals surface area (Å²) < 4.78 is 7.50. The number of imidazole rings is 1. The molecule has 1 N–H and O–H groups in total. The SMILES string of the molecule is C=C(C)Cn1c(SCC(=O)OC)nc2c1c(=O)[nH]c(=O)n2C. The molecule has 2 heterocycles. The number of methoxy groups -OCH3 is 1. The van der Waals surface area contributed by atoms with E-state index < -0.39 is 17.2 Å². The standard InChI is InChI=1S/C13H16N4O4S/c1-7(2)5-17-9-10(16(3)12(20)15-11(9)19)14-13(17)22-6-8(18)21-4/h1,5-6H2,2-4H3,(H,15,19,20). The van der Waals surface area contributed by atoms with E-state index in [1.807, 2.05) is 6.92 Å². The summed E-state index contributed by atoms with van der Waals surface area (Å²) in [5.41, 5.74) is 0.297. The van der Waals surface area contributed by atoms with E-state index in [2.05, 4.69) is 21.3 Å². The molecular formula is C13H16N4O4S. The van der Waals surface area contributed by atoms with Crippen LogP contribution in [0.5, 0.6) is 0 Å². The van der Waals surface area contributed by atoms with Gasteiger partial charge in [-0.15, -0.1) is 0 Å².